The molecule has 6 heteroatoms. The molecule has 1 unspecified atom stereocenters. The van der Waals surface area contributed by atoms with Gasteiger partial charge < -0.3 is 10.0 Å². The van der Waals surface area contributed by atoms with Crippen molar-refractivity contribution in [2.24, 2.45) is 5.92 Å². The Balaban J connectivity index is 2.81. The monoisotopic (exact) mass is 247 g/mol. The van der Waals surface area contributed by atoms with E-state index in [0.717, 1.165) is 0 Å². The molecule has 0 saturated heterocycles. The largest absolute Gasteiger partial charge is 0.481 e. The van der Waals surface area contributed by atoms with Crippen LogP contribution in [-0.2, 0) is 9.59 Å². The van der Waals surface area contributed by atoms with Crippen molar-refractivity contribution < 1.29 is 14.7 Å². The van der Waals surface area contributed by atoms with Crippen molar-refractivity contribution in [2.45, 2.75) is 6.92 Å². The molecule has 1 atom stereocenters. The van der Waals surface area contributed by atoms with Gasteiger partial charge in [0.2, 0.25) is 5.91 Å². The minimum Gasteiger partial charge on any atom is -0.481 e. The number of carboxylic acids is 1. The Morgan fingerprint density at radius 3 is 2.53 bits per heavy atom. The summed E-state index contributed by atoms with van der Waals surface area (Å²) in [6.45, 7) is 1.36. The van der Waals surface area contributed by atoms with Crippen LogP contribution in [-0.4, -0.2) is 24.0 Å². The summed E-state index contributed by atoms with van der Waals surface area (Å²) in [6.07, 6.45) is 0. The lowest BCUT2D eigenvalue weighted by Crippen LogP contribution is -2.34. The van der Waals surface area contributed by atoms with Gasteiger partial charge in [-0.25, -0.2) is 0 Å². The summed E-state index contributed by atoms with van der Waals surface area (Å²) in [7, 11) is 1.53. The van der Waals surface area contributed by atoms with Crippen molar-refractivity contribution >= 4 is 39.8 Å². The van der Waals surface area contributed by atoms with Crippen LogP contribution in [0.25, 0.3) is 0 Å². The molecule has 0 aromatic carbocycles. The van der Waals surface area contributed by atoms with E-state index in [4.69, 9.17) is 16.7 Å². The fourth-order valence-electron chi connectivity index (χ4n) is 0.990. The Morgan fingerprint density at radius 1 is 1.53 bits per heavy atom. The topological polar surface area (TPSA) is 57.6 Å². The van der Waals surface area contributed by atoms with Crippen molar-refractivity contribution in [3.63, 3.8) is 0 Å². The highest BCUT2D eigenvalue weighted by Crippen LogP contribution is 2.29. The molecular weight excluding hydrogens is 238 g/mol. The van der Waals surface area contributed by atoms with Gasteiger partial charge in [-0.15, -0.1) is 11.3 Å². The van der Waals surface area contributed by atoms with Gasteiger partial charge >= 0.3 is 5.97 Å². The highest BCUT2D eigenvalue weighted by Gasteiger charge is 2.25. The van der Waals surface area contributed by atoms with Crippen LogP contribution in [0.3, 0.4) is 0 Å². The first-order chi connectivity index (χ1) is 6.93. The molecule has 1 aromatic rings. The van der Waals surface area contributed by atoms with Crippen molar-refractivity contribution in [3.05, 3.63) is 16.5 Å². The molecule has 1 N–H and O–H groups in total. The fraction of sp³-hybridized carbons (Fsp3) is 0.333. The van der Waals surface area contributed by atoms with Gasteiger partial charge in [0.05, 0.1) is 9.34 Å². The second-order valence-corrected chi connectivity index (χ2v) is 4.73. The smallest absolute Gasteiger partial charge is 0.315 e. The highest BCUT2D eigenvalue weighted by molar-refractivity contribution is 7.20. The Labute approximate surface area is 96.1 Å². The molecule has 0 saturated carbocycles. The van der Waals surface area contributed by atoms with Crippen LogP contribution < -0.4 is 4.90 Å². The third-order valence-corrected chi connectivity index (χ3v) is 3.27. The summed E-state index contributed by atoms with van der Waals surface area (Å²) in [4.78, 5) is 23.5. The van der Waals surface area contributed by atoms with Gasteiger partial charge in [-0.2, -0.15) is 0 Å². The van der Waals surface area contributed by atoms with Gasteiger partial charge in [0, 0.05) is 7.05 Å². The van der Waals surface area contributed by atoms with Crippen LogP contribution in [0.4, 0.5) is 5.00 Å². The zero-order valence-corrected chi connectivity index (χ0v) is 9.80. The lowest BCUT2D eigenvalue weighted by molar-refractivity contribution is -0.145. The minimum atomic E-state index is -1.13. The van der Waals surface area contributed by atoms with Crippen LogP contribution in [0.1, 0.15) is 6.92 Å². The second-order valence-electron chi connectivity index (χ2n) is 3.03. The Bertz CT molecular complexity index is 390. The number of halogens is 1. The number of aliphatic carboxylic acids is 1. The van der Waals surface area contributed by atoms with Gasteiger partial charge in [0.25, 0.3) is 0 Å². The van der Waals surface area contributed by atoms with Gasteiger partial charge in [-0.05, 0) is 19.1 Å². The fourth-order valence-corrected chi connectivity index (χ4v) is 1.99. The molecule has 0 radical (unpaired) electrons. The number of carbonyl (C=O) groups is 2. The second kappa shape index (κ2) is 4.63. The first kappa shape index (κ1) is 12.0. The highest BCUT2D eigenvalue weighted by atomic mass is 35.5. The minimum absolute atomic E-state index is 0.457. The van der Waals surface area contributed by atoms with E-state index in [-0.39, 0.29) is 0 Å². The summed E-state index contributed by atoms with van der Waals surface area (Å²) >= 11 is 6.95. The summed E-state index contributed by atoms with van der Waals surface area (Å²) in [5.74, 6) is -2.63. The number of carbonyl (C=O) groups excluding carboxylic acids is 1. The number of nitrogens with zero attached hydrogens (tertiary/aromatic N) is 1. The molecule has 1 aromatic heterocycles. The molecule has 1 amide bonds. The number of amides is 1. The molecule has 1 rings (SSSR count). The van der Waals surface area contributed by atoms with Gasteiger partial charge in [-0.1, -0.05) is 11.6 Å². The molecule has 0 aliphatic rings. The van der Waals surface area contributed by atoms with Crippen LogP contribution in [0, 0.1) is 5.92 Å². The summed E-state index contributed by atoms with van der Waals surface area (Å²) in [6, 6.07) is 3.34. The normalized spacial score (nSPS) is 12.2. The number of anilines is 1. The van der Waals surface area contributed by atoms with Gasteiger partial charge in [-0.3, -0.25) is 9.59 Å². The first-order valence-electron chi connectivity index (χ1n) is 4.19. The quantitative estimate of drug-likeness (QED) is 0.832. The van der Waals surface area contributed by atoms with E-state index >= 15 is 0 Å². The van der Waals surface area contributed by atoms with Crippen molar-refractivity contribution in [1.82, 2.24) is 0 Å². The Hall–Kier alpha value is -1.07. The maximum Gasteiger partial charge on any atom is 0.315 e. The maximum atomic E-state index is 11.6. The molecular formula is C9H10ClNO3S. The number of thiophene rings is 1. The zero-order valence-electron chi connectivity index (χ0n) is 8.23. The van der Waals surface area contributed by atoms with Crippen molar-refractivity contribution in [3.8, 4) is 0 Å². The molecule has 4 nitrogen and oxygen atoms in total. The lowest BCUT2D eigenvalue weighted by Gasteiger charge is -2.17. The Morgan fingerprint density at radius 2 is 2.13 bits per heavy atom. The van der Waals surface area contributed by atoms with Crippen molar-refractivity contribution in [2.75, 3.05) is 11.9 Å². The zero-order chi connectivity index (χ0) is 11.6. The Kier molecular flexibility index (Phi) is 3.71. The van der Waals surface area contributed by atoms with E-state index in [9.17, 15) is 9.59 Å². The van der Waals surface area contributed by atoms with E-state index in [2.05, 4.69) is 0 Å². The molecule has 0 bridgehead atoms. The van der Waals surface area contributed by atoms with E-state index in [1.165, 1.54) is 30.2 Å². The van der Waals surface area contributed by atoms with Crippen LogP contribution in [0.2, 0.25) is 4.34 Å². The third-order valence-electron chi connectivity index (χ3n) is 1.96. The van der Waals surface area contributed by atoms with Gasteiger partial charge in [0.15, 0.2) is 0 Å². The first-order valence-corrected chi connectivity index (χ1v) is 5.38. The third kappa shape index (κ3) is 2.70. The van der Waals surface area contributed by atoms with Crippen LogP contribution >= 0.6 is 22.9 Å². The predicted octanol–water partition coefficient (Wildman–Crippen LogP) is 2.08. The van der Waals surface area contributed by atoms with Crippen LogP contribution in [0.5, 0.6) is 0 Å². The molecule has 82 valence electrons. The SMILES string of the molecule is CC(C(=O)O)C(=O)N(C)c1ccc(Cl)s1. The summed E-state index contributed by atoms with van der Waals surface area (Å²) in [5, 5.41) is 9.32. The maximum absolute atomic E-state index is 11.6. The summed E-state index contributed by atoms with van der Waals surface area (Å²) < 4.78 is 0.563. The molecule has 1 heterocycles. The van der Waals surface area contributed by atoms with Gasteiger partial charge in [0.1, 0.15) is 5.92 Å². The van der Waals surface area contributed by atoms with E-state index in [1.807, 2.05) is 0 Å². The van der Waals surface area contributed by atoms with E-state index in [0.29, 0.717) is 9.34 Å². The van der Waals surface area contributed by atoms with E-state index in [1.54, 1.807) is 12.1 Å². The number of carboxylic acid groups (broad SMARTS) is 1. The molecule has 15 heavy (non-hydrogen) atoms. The predicted molar refractivity (Wildman–Crippen MR) is 59.5 cm³/mol. The summed E-state index contributed by atoms with van der Waals surface area (Å²) in [5.41, 5.74) is 0. The average molecular weight is 248 g/mol. The molecule has 0 fully saturated rings. The molecule has 0 aliphatic carbocycles. The van der Waals surface area contributed by atoms with Crippen molar-refractivity contribution in [1.29, 1.82) is 0 Å². The van der Waals surface area contributed by atoms with Crippen LogP contribution in [0.15, 0.2) is 12.1 Å². The standard InChI is InChI=1S/C9H10ClNO3S/c1-5(9(13)14)8(12)11(2)7-4-3-6(10)15-7/h3-5H,1-2H3,(H,13,14). The number of hydrogen-bond acceptors (Lipinski definition) is 3. The number of rotatable bonds is 3. The average Bonchev–Trinajstić information content (AvgIpc) is 2.61. The molecule has 0 spiro atoms. The number of hydrogen-bond donors (Lipinski definition) is 1. The molecule has 0 aliphatic heterocycles. The lowest BCUT2D eigenvalue weighted by atomic mass is 10.1. The van der Waals surface area contributed by atoms with E-state index < -0.39 is 17.8 Å².